The fraction of sp³-hybridized carbons (Fsp3) is 0.318. The highest BCUT2D eigenvalue weighted by molar-refractivity contribution is 5.95. The Balaban J connectivity index is 1.87. The Labute approximate surface area is 170 Å². The van der Waals surface area contributed by atoms with E-state index >= 15 is 0 Å². The molecule has 0 atom stereocenters. The van der Waals surface area contributed by atoms with Crippen LogP contribution in [0.1, 0.15) is 44.3 Å². The summed E-state index contributed by atoms with van der Waals surface area (Å²) in [6.45, 7) is 8.13. The molecule has 0 spiro atoms. The minimum atomic E-state index is -0.336. The summed E-state index contributed by atoms with van der Waals surface area (Å²) in [5.41, 5.74) is 4.73. The second-order valence-electron chi connectivity index (χ2n) is 7.39. The van der Waals surface area contributed by atoms with Crippen LogP contribution in [-0.2, 0) is 13.1 Å². The van der Waals surface area contributed by atoms with Gasteiger partial charge in [0.1, 0.15) is 5.56 Å². The second kappa shape index (κ2) is 8.34. The predicted molar refractivity (Wildman–Crippen MR) is 111 cm³/mol. The van der Waals surface area contributed by atoms with E-state index in [1.807, 2.05) is 32.9 Å². The van der Waals surface area contributed by atoms with Gasteiger partial charge in [-0.1, -0.05) is 0 Å². The lowest BCUT2D eigenvalue weighted by atomic mass is 10.1. The van der Waals surface area contributed by atoms with Crippen molar-refractivity contribution in [2.45, 2.75) is 40.8 Å². The summed E-state index contributed by atoms with van der Waals surface area (Å²) in [4.78, 5) is 40.6. The maximum absolute atomic E-state index is 13.1. The molecule has 0 saturated carbocycles. The number of hydrogen-bond donors (Lipinski definition) is 0. The Bertz CT molecular complexity index is 1080. The van der Waals surface area contributed by atoms with E-state index in [2.05, 4.69) is 15.0 Å². The summed E-state index contributed by atoms with van der Waals surface area (Å²) in [5.74, 6) is -0.321. The first-order valence-corrected chi connectivity index (χ1v) is 9.42. The Morgan fingerprint density at radius 2 is 1.79 bits per heavy atom. The van der Waals surface area contributed by atoms with Gasteiger partial charge >= 0.3 is 0 Å². The van der Waals surface area contributed by atoms with E-state index in [9.17, 15) is 9.59 Å². The summed E-state index contributed by atoms with van der Waals surface area (Å²) in [6, 6.07) is 5.71. The molecule has 3 rings (SSSR count). The van der Waals surface area contributed by atoms with Crippen molar-refractivity contribution in [2.75, 3.05) is 7.05 Å². The number of hydrogen-bond acceptors (Lipinski definition) is 5. The van der Waals surface area contributed by atoms with Crippen molar-refractivity contribution >= 4 is 5.91 Å². The third-order valence-electron chi connectivity index (χ3n) is 4.65. The van der Waals surface area contributed by atoms with Crippen LogP contribution < -0.4 is 5.56 Å². The van der Waals surface area contributed by atoms with Gasteiger partial charge in [-0.15, -0.1) is 0 Å². The van der Waals surface area contributed by atoms with E-state index in [0.717, 1.165) is 22.6 Å². The smallest absolute Gasteiger partial charge is 0.264 e. The monoisotopic (exact) mass is 391 g/mol. The molecule has 0 aliphatic heterocycles. The minimum absolute atomic E-state index is 0.166. The predicted octanol–water partition coefficient (Wildman–Crippen LogP) is 2.59. The molecule has 0 unspecified atom stereocenters. The van der Waals surface area contributed by atoms with Crippen LogP contribution in [0.25, 0.3) is 0 Å². The molecular weight excluding hydrogens is 366 g/mol. The van der Waals surface area contributed by atoms with Crippen molar-refractivity contribution in [1.29, 1.82) is 0 Å². The number of aromatic nitrogens is 4. The maximum atomic E-state index is 13.1. The number of carbonyl (C=O) groups is 1. The molecule has 0 aliphatic carbocycles. The summed E-state index contributed by atoms with van der Waals surface area (Å²) >= 11 is 0. The molecule has 0 saturated heterocycles. The zero-order valence-electron chi connectivity index (χ0n) is 17.4. The molecule has 1 amide bonds. The summed E-state index contributed by atoms with van der Waals surface area (Å²) in [5, 5.41) is 0. The molecule has 150 valence electrons. The zero-order valence-corrected chi connectivity index (χ0v) is 17.4. The van der Waals surface area contributed by atoms with Crippen molar-refractivity contribution in [1.82, 2.24) is 24.4 Å². The van der Waals surface area contributed by atoms with Crippen LogP contribution in [0.4, 0.5) is 0 Å². The van der Waals surface area contributed by atoms with Gasteiger partial charge in [0.05, 0.1) is 36.4 Å². The molecule has 3 aromatic heterocycles. The molecule has 0 aromatic carbocycles. The average molecular weight is 391 g/mol. The molecule has 0 N–H and O–H groups in total. The van der Waals surface area contributed by atoms with Gasteiger partial charge in [0.2, 0.25) is 0 Å². The molecule has 3 heterocycles. The van der Waals surface area contributed by atoms with E-state index in [-0.39, 0.29) is 23.6 Å². The number of carbonyl (C=O) groups excluding carboxylic acids is 1. The van der Waals surface area contributed by atoms with Gasteiger partial charge in [-0.3, -0.25) is 24.5 Å². The van der Waals surface area contributed by atoms with Gasteiger partial charge in [0.15, 0.2) is 0 Å². The Morgan fingerprint density at radius 1 is 1.03 bits per heavy atom. The van der Waals surface area contributed by atoms with E-state index in [4.69, 9.17) is 0 Å². The van der Waals surface area contributed by atoms with Gasteiger partial charge in [-0.05, 0) is 57.0 Å². The molecule has 7 heteroatoms. The number of aryl methyl sites for hydroxylation is 4. The summed E-state index contributed by atoms with van der Waals surface area (Å²) < 4.78 is 1.49. The normalized spacial score (nSPS) is 10.8. The fourth-order valence-electron chi connectivity index (χ4n) is 3.24. The Morgan fingerprint density at radius 3 is 2.45 bits per heavy atom. The molecule has 0 radical (unpaired) electrons. The number of nitrogens with zero attached hydrogens (tertiary/aromatic N) is 5. The molecule has 3 aromatic rings. The second-order valence-corrected chi connectivity index (χ2v) is 7.39. The highest BCUT2D eigenvalue weighted by Crippen LogP contribution is 2.11. The highest BCUT2D eigenvalue weighted by Gasteiger charge is 2.20. The van der Waals surface area contributed by atoms with Crippen LogP contribution in [0.5, 0.6) is 0 Å². The maximum Gasteiger partial charge on any atom is 0.264 e. The molecule has 7 nitrogen and oxygen atoms in total. The largest absolute Gasteiger partial charge is 0.336 e. The van der Waals surface area contributed by atoms with Crippen LogP contribution in [0.3, 0.4) is 0 Å². The van der Waals surface area contributed by atoms with Crippen molar-refractivity contribution in [2.24, 2.45) is 0 Å². The van der Waals surface area contributed by atoms with E-state index < -0.39 is 0 Å². The standard InChI is InChI=1S/C22H25N5O2/c1-14-8-16(3)25-18(9-14)12-26(5)21(28)20-15(2)6-7-27(22(20)29)13-19-11-23-17(4)10-24-19/h6-11H,12-13H2,1-5H3. The first-order valence-electron chi connectivity index (χ1n) is 9.42. The topological polar surface area (TPSA) is 81.0 Å². The van der Waals surface area contributed by atoms with Crippen LogP contribution in [0.2, 0.25) is 0 Å². The Hall–Kier alpha value is -3.35. The van der Waals surface area contributed by atoms with Crippen molar-refractivity contribution in [3.8, 4) is 0 Å². The number of amides is 1. The quantitative estimate of drug-likeness (QED) is 0.668. The summed E-state index contributed by atoms with van der Waals surface area (Å²) in [6.07, 6.45) is 4.98. The van der Waals surface area contributed by atoms with E-state index in [1.165, 1.54) is 9.47 Å². The molecule has 0 fully saturated rings. The zero-order chi connectivity index (χ0) is 21.1. The highest BCUT2D eigenvalue weighted by atomic mass is 16.2. The van der Waals surface area contributed by atoms with Gasteiger partial charge in [0, 0.05) is 25.1 Å². The molecular formula is C22H25N5O2. The number of rotatable bonds is 5. The molecule has 29 heavy (non-hydrogen) atoms. The van der Waals surface area contributed by atoms with Crippen molar-refractivity contribution < 1.29 is 4.79 Å². The SMILES string of the molecule is Cc1cc(C)nc(CN(C)C(=O)c2c(C)ccn(Cc3cnc(C)cn3)c2=O)c1. The van der Waals surface area contributed by atoms with Crippen molar-refractivity contribution in [3.05, 3.63) is 86.6 Å². The molecule has 0 aliphatic rings. The van der Waals surface area contributed by atoms with E-state index in [0.29, 0.717) is 17.8 Å². The van der Waals surface area contributed by atoms with Gasteiger partial charge in [0.25, 0.3) is 11.5 Å². The first kappa shape index (κ1) is 20.4. The Kier molecular flexibility index (Phi) is 5.87. The number of pyridine rings is 2. The van der Waals surface area contributed by atoms with Gasteiger partial charge in [-0.2, -0.15) is 0 Å². The van der Waals surface area contributed by atoms with Crippen LogP contribution in [0.15, 0.2) is 41.6 Å². The lowest BCUT2D eigenvalue weighted by Crippen LogP contribution is -2.35. The van der Waals surface area contributed by atoms with Crippen molar-refractivity contribution in [3.63, 3.8) is 0 Å². The van der Waals surface area contributed by atoms with Gasteiger partial charge < -0.3 is 9.47 Å². The third-order valence-corrected chi connectivity index (χ3v) is 4.65. The average Bonchev–Trinajstić information content (AvgIpc) is 2.65. The minimum Gasteiger partial charge on any atom is -0.336 e. The fourth-order valence-corrected chi connectivity index (χ4v) is 3.24. The van der Waals surface area contributed by atoms with Gasteiger partial charge in [-0.25, -0.2) is 0 Å². The molecule has 0 bridgehead atoms. The lowest BCUT2D eigenvalue weighted by molar-refractivity contribution is 0.0780. The first-order chi connectivity index (χ1) is 13.7. The third kappa shape index (κ3) is 4.74. The van der Waals surface area contributed by atoms with E-state index in [1.54, 1.807) is 38.6 Å². The van der Waals surface area contributed by atoms with Crippen LogP contribution in [-0.4, -0.2) is 37.4 Å². The lowest BCUT2D eigenvalue weighted by Gasteiger charge is -2.19. The summed E-state index contributed by atoms with van der Waals surface area (Å²) in [7, 11) is 1.68. The van der Waals surface area contributed by atoms with Crippen LogP contribution in [0, 0.1) is 27.7 Å². The van der Waals surface area contributed by atoms with Crippen LogP contribution >= 0.6 is 0 Å².